The minimum absolute atomic E-state index is 0.0742. The van der Waals surface area contributed by atoms with Gasteiger partial charge in [-0.05, 0) is 18.6 Å². The lowest BCUT2D eigenvalue weighted by molar-refractivity contribution is 0.0690. The van der Waals surface area contributed by atoms with Gasteiger partial charge in [0.05, 0.1) is 5.69 Å². The van der Waals surface area contributed by atoms with Crippen LogP contribution in [0.25, 0.3) is 0 Å². The van der Waals surface area contributed by atoms with Gasteiger partial charge in [-0.2, -0.15) is 0 Å². The second-order valence-electron chi connectivity index (χ2n) is 3.23. The molecular weight excluding hydrogens is 194 g/mol. The number of rotatable bonds is 5. The fraction of sp³-hybridized carbons (Fsp3) is 0.400. The SMILES string of the molecule is Cc1ccc(C(=O)O)nc1CNCCN. The topological polar surface area (TPSA) is 88.2 Å². The first-order valence-electron chi connectivity index (χ1n) is 4.75. The third-order valence-corrected chi connectivity index (χ3v) is 2.03. The van der Waals surface area contributed by atoms with E-state index in [1.54, 1.807) is 6.07 Å². The average molecular weight is 209 g/mol. The molecule has 0 fully saturated rings. The van der Waals surface area contributed by atoms with Crippen molar-refractivity contribution in [3.63, 3.8) is 0 Å². The van der Waals surface area contributed by atoms with E-state index in [1.807, 2.05) is 6.92 Å². The van der Waals surface area contributed by atoms with Gasteiger partial charge in [-0.3, -0.25) is 0 Å². The molecule has 1 heterocycles. The zero-order valence-corrected chi connectivity index (χ0v) is 8.66. The summed E-state index contributed by atoms with van der Waals surface area (Å²) in [4.78, 5) is 14.7. The number of carboxylic acid groups (broad SMARTS) is 1. The number of hydrogen-bond acceptors (Lipinski definition) is 4. The molecule has 0 amide bonds. The molecule has 82 valence electrons. The number of hydrogen-bond donors (Lipinski definition) is 3. The van der Waals surface area contributed by atoms with E-state index < -0.39 is 5.97 Å². The van der Waals surface area contributed by atoms with Crippen LogP contribution in [0.1, 0.15) is 21.7 Å². The fourth-order valence-electron chi connectivity index (χ4n) is 1.18. The first-order chi connectivity index (χ1) is 7.15. The van der Waals surface area contributed by atoms with Crippen molar-refractivity contribution in [2.45, 2.75) is 13.5 Å². The third-order valence-electron chi connectivity index (χ3n) is 2.03. The van der Waals surface area contributed by atoms with Gasteiger partial charge in [0.15, 0.2) is 0 Å². The van der Waals surface area contributed by atoms with E-state index in [-0.39, 0.29) is 5.69 Å². The maximum atomic E-state index is 10.7. The summed E-state index contributed by atoms with van der Waals surface area (Å²) in [5.41, 5.74) is 7.14. The maximum absolute atomic E-state index is 10.7. The number of nitrogens with two attached hydrogens (primary N) is 1. The first-order valence-corrected chi connectivity index (χ1v) is 4.75. The summed E-state index contributed by atoms with van der Waals surface area (Å²) in [6.45, 7) is 3.69. The molecule has 0 aliphatic heterocycles. The first kappa shape index (κ1) is 11.6. The molecule has 0 aromatic carbocycles. The minimum Gasteiger partial charge on any atom is -0.477 e. The second-order valence-corrected chi connectivity index (χ2v) is 3.23. The molecule has 0 radical (unpaired) electrons. The van der Waals surface area contributed by atoms with Gasteiger partial charge in [0.2, 0.25) is 0 Å². The van der Waals surface area contributed by atoms with Crippen molar-refractivity contribution >= 4 is 5.97 Å². The molecule has 0 saturated heterocycles. The Bertz CT molecular complexity index is 353. The summed E-state index contributed by atoms with van der Waals surface area (Å²) >= 11 is 0. The molecule has 5 heteroatoms. The van der Waals surface area contributed by atoms with Crippen LogP contribution in [0.2, 0.25) is 0 Å². The summed E-state index contributed by atoms with van der Waals surface area (Å²) in [5, 5.41) is 11.8. The predicted octanol–water partition coefficient (Wildman–Crippen LogP) is 0.137. The van der Waals surface area contributed by atoms with Crippen LogP contribution in [0, 0.1) is 6.92 Å². The van der Waals surface area contributed by atoms with E-state index in [2.05, 4.69) is 10.3 Å². The summed E-state index contributed by atoms with van der Waals surface area (Å²) < 4.78 is 0. The van der Waals surface area contributed by atoms with Gasteiger partial charge in [0, 0.05) is 19.6 Å². The van der Waals surface area contributed by atoms with Crippen LogP contribution in [-0.4, -0.2) is 29.1 Å². The van der Waals surface area contributed by atoms with Crippen molar-refractivity contribution in [2.24, 2.45) is 5.73 Å². The van der Waals surface area contributed by atoms with Crippen LogP contribution in [0.3, 0.4) is 0 Å². The van der Waals surface area contributed by atoms with Crippen LogP contribution >= 0.6 is 0 Å². The van der Waals surface area contributed by atoms with E-state index in [0.717, 1.165) is 11.3 Å². The number of pyridine rings is 1. The number of aromatic nitrogens is 1. The van der Waals surface area contributed by atoms with Crippen LogP contribution < -0.4 is 11.1 Å². The molecule has 15 heavy (non-hydrogen) atoms. The van der Waals surface area contributed by atoms with E-state index in [9.17, 15) is 4.79 Å². The molecular formula is C10H15N3O2. The lowest BCUT2D eigenvalue weighted by Crippen LogP contribution is -2.23. The standard InChI is InChI=1S/C10H15N3O2/c1-7-2-3-8(10(14)15)13-9(7)6-12-5-4-11/h2-3,12H,4-6,11H2,1H3,(H,14,15). The van der Waals surface area contributed by atoms with Crippen molar-refractivity contribution < 1.29 is 9.90 Å². The normalized spacial score (nSPS) is 10.3. The summed E-state index contributed by atoms with van der Waals surface area (Å²) in [5.74, 6) is -1.00. The van der Waals surface area contributed by atoms with Crippen LogP contribution in [0.5, 0.6) is 0 Å². The Morgan fingerprint density at radius 2 is 2.33 bits per heavy atom. The molecule has 0 aliphatic carbocycles. The number of aromatic carboxylic acids is 1. The van der Waals surface area contributed by atoms with E-state index in [4.69, 9.17) is 10.8 Å². The van der Waals surface area contributed by atoms with Crippen molar-refractivity contribution in [2.75, 3.05) is 13.1 Å². The Labute approximate surface area is 88.3 Å². The second kappa shape index (κ2) is 5.43. The largest absolute Gasteiger partial charge is 0.477 e. The molecule has 0 spiro atoms. The lowest BCUT2D eigenvalue weighted by Gasteiger charge is -2.06. The highest BCUT2D eigenvalue weighted by Crippen LogP contribution is 2.06. The average Bonchev–Trinajstić information content (AvgIpc) is 2.20. The van der Waals surface area contributed by atoms with Crippen molar-refractivity contribution in [3.8, 4) is 0 Å². The molecule has 0 bridgehead atoms. The van der Waals surface area contributed by atoms with E-state index in [1.165, 1.54) is 6.07 Å². The number of nitrogens with one attached hydrogen (secondary N) is 1. The van der Waals surface area contributed by atoms with Gasteiger partial charge < -0.3 is 16.2 Å². The molecule has 0 unspecified atom stereocenters. The van der Waals surface area contributed by atoms with Gasteiger partial charge in [-0.25, -0.2) is 9.78 Å². The Morgan fingerprint density at radius 1 is 1.60 bits per heavy atom. The number of carboxylic acids is 1. The fourth-order valence-corrected chi connectivity index (χ4v) is 1.18. The Morgan fingerprint density at radius 3 is 2.93 bits per heavy atom. The van der Waals surface area contributed by atoms with E-state index in [0.29, 0.717) is 19.6 Å². The molecule has 1 aromatic heterocycles. The molecule has 4 N–H and O–H groups in total. The Hall–Kier alpha value is -1.46. The number of aryl methyl sites for hydroxylation is 1. The highest BCUT2D eigenvalue weighted by atomic mass is 16.4. The van der Waals surface area contributed by atoms with Crippen LogP contribution in [-0.2, 0) is 6.54 Å². The Balaban J connectivity index is 2.76. The van der Waals surface area contributed by atoms with Gasteiger partial charge in [-0.15, -0.1) is 0 Å². The molecule has 5 nitrogen and oxygen atoms in total. The zero-order valence-electron chi connectivity index (χ0n) is 8.66. The minimum atomic E-state index is -1.00. The van der Waals surface area contributed by atoms with Gasteiger partial charge in [-0.1, -0.05) is 6.07 Å². The van der Waals surface area contributed by atoms with E-state index >= 15 is 0 Å². The monoisotopic (exact) mass is 209 g/mol. The molecule has 1 rings (SSSR count). The van der Waals surface area contributed by atoms with Crippen molar-refractivity contribution in [3.05, 3.63) is 29.1 Å². The third kappa shape index (κ3) is 3.30. The number of carbonyl (C=O) groups is 1. The summed E-state index contributed by atoms with van der Waals surface area (Å²) in [7, 11) is 0. The highest BCUT2D eigenvalue weighted by molar-refractivity contribution is 5.85. The van der Waals surface area contributed by atoms with Crippen LogP contribution in [0.4, 0.5) is 0 Å². The quantitative estimate of drug-likeness (QED) is 0.600. The number of nitrogens with zero attached hydrogens (tertiary/aromatic N) is 1. The zero-order chi connectivity index (χ0) is 11.3. The smallest absolute Gasteiger partial charge is 0.354 e. The van der Waals surface area contributed by atoms with Gasteiger partial charge in [0.1, 0.15) is 5.69 Å². The highest BCUT2D eigenvalue weighted by Gasteiger charge is 2.07. The van der Waals surface area contributed by atoms with Crippen molar-refractivity contribution in [1.82, 2.24) is 10.3 Å². The Kier molecular flexibility index (Phi) is 4.20. The van der Waals surface area contributed by atoms with Crippen LogP contribution in [0.15, 0.2) is 12.1 Å². The maximum Gasteiger partial charge on any atom is 0.354 e. The molecule has 0 atom stereocenters. The van der Waals surface area contributed by atoms with Crippen molar-refractivity contribution in [1.29, 1.82) is 0 Å². The summed E-state index contributed by atoms with van der Waals surface area (Å²) in [6, 6.07) is 3.26. The van der Waals surface area contributed by atoms with Gasteiger partial charge in [0.25, 0.3) is 0 Å². The summed E-state index contributed by atoms with van der Waals surface area (Å²) in [6.07, 6.45) is 0. The predicted molar refractivity (Wildman–Crippen MR) is 56.7 cm³/mol. The van der Waals surface area contributed by atoms with Gasteiger partial charge >= 0.3 is 5.97 Å². The molecule has 0 aliphatic rings. The lowest BCUT2D eigenvalue weighted by atomic mass is 10.2. The molecule has 1 aromatic rings. The molecule has 0 saturated carbocycles.